The molecule has 2 atom stereocenters. The van der Waals surface area contributed by atoms with Gasteiger partial charge in [0.05, 0.1) is 33.5 Å². The predicted molar refractivity (Wildman–Crippen MR) is 122 cm³/mol. The molecule has 3 aromatic carbocycles. The molecule has 4 aliphatic rings. The van der Waals surface area contributed by atoms with Crippen LogP contribution in [0.1, 0.15) is 40.7 Å². The molecule has 3 aliphatic carbocycles. The number of carbonyl (C=O) groups is 3. The minimum atomic E-state index is -4.77. The van der Waals surface area contributed by atoms with E-state index in [1.54, 1.807) is 24.3 Å². The zero-order valence-corrected chi connectivity index (χ0v) is 19.0. The van der Waals surface area contributed by atoms with Crippen LogP contribution in [-0.4, -0.2) is 17.6 Å². The van der Waals surface area contributed by atoms with E-state index in [9.17, 15) is 27.6 Å². The van der Waals surface area contributed by atoms with E-state index in [2.05, 4.69) is 0 Å². The topological polar surface area (TPSA) is 54.5 Å². The predicted octanol–water partition coefficient (Wildman–Crippen LogP) is 5.50. The molecule has 8 heteroatoms. The first-order valence-corrected chi connectivity index (χ1v) is 11.4. The molecule has 2 amide bonds. The van der Waals surface area contributed by atoms with E-state index in [1.807, 2.05) is 24.3 Å². The molecule has 1 saturated heterocycles. The zero-order valence-electron chi connectivity index (χ0n) is 18.3. The number of ketones is 1. The van der Waals surface area contributed by atoms with Gasteiger partial charge in [-0.2, -0.15) is 13.2 Å². The number of halogens is 4. The molecule has 4 nitrogen and oxygen atoms in total. The molecule has 3 aromatic rings. The van der Waals surface area contributed by atoms with E-state index in [0.717, 1.165) is 28.2 Å². The Hall–Kier alpha value is -3.45. The van der Waals surface area contributed by atoms with Crippen molar-refractivity contribution in [2.24, 2.45) is 11.8 Å². The van der Waals surface area contributed by atoms with Crippen LogP contribution < -0.4 is 4.90 Å². The Balaban J connectivity index is 1.61. The first-order chi connectivity index (χ1) is 16.6. The van der Waals surface area contributed by atoms with Crippen molar-refractivity contribution in [3.8, 4) is 0 Å². The third-order valence-electron chi connectivity index (χ3n) is 7.69. The number of carbonyl (C=O) groups excluding carboxylic acids is 3. The molecule has 7 rings (SSSR count). The second-order valence-electron chi connectivity index (χ2n) is 9.19. The van der Waals surface area contributed by atoms with Crippen LogP contribution in [0, 0.1) is 11.8 Å². The lowest BCUT2D eigenvalue weighted by molar-refractivity contribution is -0.137. The van der Waals surface area contributed by atoms with Crippen molar-refractivity contribution in [1.82, 2.24) is 0 Å². The second-order valence-corrected chi connectivity index (χ2v) is 9.60. The number of imide groups is 1. The SMILES string of the molecule is CC(=O)C12c3ccccc3C(c3ccccc31)[C@H]1C(=O)N(c3ccc(Cl)c(C(F)(F)F)c3)C(=O)[C@@H]12. The van der Waals surface area contributed by atoms with Crippen LogP contribution in [0.5, 0.6) is 0 Å². The Labute approximate surface area is 203 Å². The molecular weight excluding hydrogens is 479 g/mol. The van der Waals surface area contributed by atoms with Crippen molar-refractivity contribution in [1.29, 1.82) is 0 Å². The van der Waals surface area contributed by atoms with Gasteiger partial charge in [-0.15, -0.1) is 0 Å². The van der Waals surface area contributed by atoms with Crippen LogP contribution in [0.3, 0.4) is 0 Å². The highest BCUT2D eigenvalue weighted by Crippen LogP contribution is 2.64. The lowest BCUT2D eigenvalue weighted by atomic mass is 9.46. The van der Waals surface area contributed by atoms with Crippen molar-refractivity contribution >= 4 is 34.9 Å². The van der Waals surface area contributed by atoms with Crippen LogP contribution in [0.25, 0.3) is 0 Å². The van der Waals surface area contributed by atoms with Gasteiger partial charge in [0.2, 0.25) is 11.8 Å². The van der Waals surface area contributed by atoms with Crippen molar-refractivity contribution in [2.45, 2.75) is 24.4 Å². The van der Waals surface area contributed by atoms with E-state index >= 15 is 0 Å². The van der Waals surface area contributed by atoms with E-state index in [-0.39, 0.29) is 11.5 Å². The van der Waals surface area contributed by atoms with Crippen LogP contribution in [-0.2, 0) is 26.0 Å². The van der Waals surface area contributed by atoms with E-state index in [4.69, 9.17) is 11.6 Å². The number of benzene rings is 3. The Bertz CT molecular complexity index is 1420. The number of hydrogen-bond acceptors (Lipinski definition) is 3. The fraction of sp³-hybridized carbons (Fsp3) is 0.222. The smallest absolute Gasteiger partial charge is 0.299 e. The summed E-state index contributed by atoms with van der Waals surface area (Å²) in [5, 5.41) is -0.530. The van der Waals surface area contributed by atoms with Gasteiger partial charge < -0.3 is 0 Å². The minimum absolute atomic E-state index is 0.211. The van der Waals surface area contributed by atoms with Gasteiger partial charge in [-0.1, -0.05) is 60.1 Å². The van der Waals surface area contributed by atoms with Crippen molar-refractivity contribution < 1.29 is 27.6 Å². The maximum atomic E-state index is 14.0. The van der Waals surface area contributed by atoms with Crippen molar-refractivity contribution in [2.75, 3.05) is 4.90 Å². The number of hydrogen-bond donors (Lipinski definition) is 0. The van der Waals surface area contributed by atoms with Gasteiger partial charge >= 0.3 is 6.18 Å². The average Bonchev–Trinajstić information content (AvgIpc) is 3.09. The molecule has 0 spiro atoms. The van der Waals surface area contributed by atoms with Gasteiger partial charge in [0.1, 0.15) is 5.78 Å². The molecule has 1 heterocycles. The summed E-state index contributed by atoms with van der Waals surface area (Å²) in [5.41, 5.74) is 0.170. The molecule has 0 unspecified atom stereocenters. The molecule has 1 fully saturated rings. The summed E-state index contributed by atoms with van der Waals surface area (Å²) in [6.45, 7) is 1.40. The van der Waals surface area contributed by atoms with Gasteiger partial charge in [-0.25, -0.2) is 4.90 Å². The summed E-state index contributed by atoms with van der Waals surface area (Å²) in [5.74, 6) is -4.06. The Morgan fingerprint density at radius 2 is 1.49 bits per heavy atom. The first kappa shape index (κ1) is 22.0. The highest BCUT2D eigenvalue weighted by molar-refractivity contribution is 6.32. The lowest BCUT2D eigenvalue weighted by Crippen LogP contribution is -2.57. The summed E-state index contributed by atoms with van der Waals surface area (Å²) in [6, 6.07) is 17.5. The Morgan fingerprint density at radius 3 is 2.03 bits per heavy atom. The summed E-state index contributed by atoms with van der Waals surface area (Å²) >= 11 is 5.77. The summed E-state index contributed by atoms with van der Waals surface area (Å²) in [6.07, 6.45) is -4.77. The van der Waals surface area contributed by atoms with Crippen molar-refractivity contribution in [3.05, 3.63) is 99.6 Å². The third-order valence-corrected chi connectivity index (χ3v) is 8.02. The normalized spacial score (nSPS) is 26.4. The highest BCUT2D eigenvalue weighted by atomic mass is 35.5. The third kappa shape index (κ3) is 2.62. The van der Waals surface area contributed by atoms with E-state index < -0.39 is 51.7 Å². The summed E-state index contributed by atoms with van der Waals surface area (Å²) < 4.78 is 40.6. The van der Waals surface area contributed by atoms with Crippen LogP contribution in [0.15, 0.2) is 66.7 Å². The van der Waals surface area contributed by atoms with Gasteiger partial charge in [-0.05, 0) is 47.4 Å². The number of alkyl halides is 3. The maximum absolute atomic E-state index is 14.0. The van der Waals surface area contributed by atoms with E-state index in [1.165, 1.54) is 13.0 Å². The van der Waals surface area contributed by atoms with Crippen LogP contribution in [0.2, 0.25) is 5.02 Å². The zero-order chi connectivity index (χ0) is 24.9. The molecule has 0 radical (unpaired) electrons. The van der Waals surface area contributed by atoms with Crippen LogP contribution in [0.4, 0.5) is 18.9 Å². The van der Waals surface area contributed by atoms with Gasteiger partial charge in [-0.3, -0.25) is 14.4 Å². The molecule has 2 bridgehead atoms. The second kappa shape index (κ2) is 7.04. The van der Waals surface area contributed by atoms with Crippen molar-refractivity contribution in [3.63, 3.8) is 0 Å². The fourth-order valence-electron chi connectivity index (χ4n) is 6.49. The fourth-order valence-corrected chi connectivity index (χ4v) is 6.72. The van der Waals surface area contributed by atoms with Gasteiger partial charge in [0.25, 0.3) is 0 Å². The molecule has 0 saturated carbocycles. The molecular formula is C27H17ClF3NO3. The molecule has 0 N–H and O–H groups in total. The number of amides is 2. The Morgan fingerprint density at radius 1 is 0.914 bits per heavy atom. The van der Waals surface area contributed by atoms with Gasteiger partial charge in [0, 0.05) is 5.92 Å². The number of rotatable bonds is 2. The van der Waals surface area contributed by atoms with Gasteiger partial charge in [0.15, 0.2) is 0 Å². The number of anilines is 1. The Kier molecular flexibility index (Phi) is 4.43. The molecule has 176 valence electrons. The summed E-state index contributed by atoms with van der Waals surface area (Å²) in [7, 11) is 0. The monoisotopic (exact) mass is 495 g/mol. The number of nitrogens with zero attached hydrogens (tertiary/aromatic N) is 1. The molecule has 0 aromatic heterocycles. The summed E-state index contributed by atoms with van der Waals surface area (Å²) in [4.78, 5) is 42.1. The van der Waals surface area contributed by atoms with E-state index in [0.29, 0.717) is 11.1 Å². The molecule has 1 aliphatic heterocycles. The molecule has 35 heavy (non-hydrogen) atoms. The van der Waals surface area contributed by atoms with Crippen LogP contribution >= 0.6 is 11.6 Å². The number of Topliss-reactive ketones (excluding diaryl/α,β-unsaturated/α-hetero) is 1. The highest BCUT2D eigenvalue weighted by Gasteiger charge is 2.70. The lowest BCUT2D eigenvalue weighted by Gasteiger charge is -2.52. The largest absolute Gasteiger partial charge is 0.417 e. The standard InChI is InChI=1S/C27H17ClF3NO3/c1-13(33)26-17-8-4-2-6-15(17)21(16-7-3-5-9-18(16)26)22-23(26)25(35)32(24(22)34)14-10-11-20(28)19(12-14)27(29,30)31/h2-12,21-23H,1H3/t21?,22-,23-,26?/m1/s1. The quantitative estimate of drug-likeness (QED) is 0.441. The first-order valence-electron chi connectivity index (χ1n) is 11.0. The average molecular weight is 496 g/mol. The minimum Gasteiger partial charge on any atom is -0.299 e. The maximum Gasteiger partial charge on any atom is 0.417 e.